The number of nitrogens with zero attached hydrogens (tertiary/aromatic N) is 1. The normalized spacial score (nSPS) is 2.40. The van der Waals surface area contributed by atoms with Crippen molar-refractivity contribution >= 4 is 8.41 Å². The van der Waals surface area contributed by atoms with E-state index in [2.05, 4.69) is 0 Å². The molecule has 0 N–H and O–H groups in total. The Labute approximate surface area is 43.4 Å². The number of hydrogen-bond acceptors (Lipinski definition) is 3. The smallest absolute Gasteiger partial charge is 0.444 e. The average molecular weight is 63.8 g/mol. The van der Waals surface area contributed by atoms with Crippen LogP contribution in [0.4, 0.5) is 0 Å². The molecule has 0 saturated carbocycles. The summed E-state index contributed by atoms with van der Waals surface area (Å²) in [4.78, 5) is 8.00. The molecular formula is BLiNO2. The third-order valence-electron chi connectivity index (χ3n) is 0. The second-order valence-corrected chi connectivity index (χ2v) is 0.0745. The van der Waals surface area contributed by atoms with Crippen LogP contribution < -0.4 is 18.9 Å². The van der Waals surface area contributed by atoms with Gasteiger partial charge in [-0.1, -0.05) is 0 Å². The zero-order valence-electron chi connectivity index (χ0n) is 2.84. The molecule has 0 aliphatic rings. The van der Waals surface area contributed by atoms with E-state index in [0.29, 0.717) is 0 Å². The predicted octanol–water partition coefficient (Wildman–Crippen LogP) is -3.13. The van der Waals surface area contributed by atoms with Gasteiger partial charge in [0.1, 0.15) is 0 Å². The van der Waals surface area contributed by atoms with Crippen molar-refractivity contribution in [2.75, 3.05) is 0 Å². The minimum absolute atomic E-state index is 0. The Hall–Kier alpha value is 0.0623. The Bertz CT molecular complexity index is 17.1. The molecule has 0 fully saturated rings. The Kier molecular flexibility index (Phi) is 133. The Morgan fingerprint density at radius 2 is 1.60 bits per heavy atom. The van der Waals surface area contributed by atoms with Crippen LogP contribution in [0.1, 0.15) is 0 Å². The molecule has 0 aromatic carbocycles. The van der Waals surface area contributed by atoms with Crippen LogP contribution in [-0.4, -0.2) is 8.41 Å². The van der Waals surface area contributed by atoms with E-state index in [4.69, 9.17) is 10.1 Å². The van der Waals surface area contributed by atoms with Crippen molar-refractivity contribution in [3.05, 3.63) is 10.1 Å². The summed E-state index contributed by atoms with van der Waals surface area (Å²) in [5.41, 5.74) is 0. The van der Waals surface area contributed by atoms with E-state index in [1.807, 2.05) is 0 Å². The van der Waals surface area contributed by atoms with E-state index in [1.165, 1.54) is 0 Å². The summed E-state index contributed by atoms with van der Waals surface area (Å²) < 4.78 is 0. The maximum Gasteiger partial charge on any atom is 1.00 e. The monoisotopic (exact) mass is 64.0 g/mol. The molecule has 0 aromatic heterocycles. The predicted molar refractivity (Wildman–Crippen MR) is 14.9 cm³/mol. The summed E-state index contributed by atoms with van der Waals surface area (Å²) in [5, 5.41) is 9.00. The Balaban J connectivity index is -0.0000000200. The molecule has 0 saturated heterocycles. The van der Waals surface area contributed by atoms with E-state index in [-0.39, 0.29) is 27.3 Å². The van der Waals surface area contributed by atoms with Gasteiger partial charge in [0.15, 0.2) is 0 Å². The van der Waals surface area contributed by atoms with Crippen LogP contribution in [0, 0.1) is 10.1 Å². The van der Waals surface area contributed by atoms with Crippen LogP contribution >= 0.6 is 0 Å². The van der Waals surface area contributed by atoms with Crippen LogP contribution in [-0.2, 0) is 0 Å². The van der Waals surface area contributed by atoms with Crippen molar-refractivity contribution in [3.63, 3.8) is 0 Å². The van der Waals surface area contributed by atoms with Crippen LogP contribution in [0.15, 0.2) is 5.34 Å². The quantitative estimate of drug-likeness (QED) is 0.170. The van der Waals surface area contributed by atoms with Crippen molar-refractivity contribution in [3.8, 4) is 0 Å². The number of hydrogen-bond donors (Lipinski definition) is 0. The zero-order chi connectivity index (χ0) is 2.71. The third kappa shape index (κ3) is 4450. The van der Waals surface area contributed by atoms with Gasteiger partial charge in [-0.3, -0.25) is 0 Å². The molecule has 0 bridgehead atoms. The Morgan fingerprint density at radius 3 is 1.60 bits per heavy atom. The molecule has 0 aliphatic heterocycles. The van der Waals surface area contributed by atoms with Crippen molar-refractivity contribution in [1.29, 1.82) is 0 Å². The van der Waals surface area contributed by atoms with Crippen molar-refractivity contribution in [1.82, 2.24) is 0 Å². The van der Waals surface area contributed by atoms with E-state index in [1.54, 1.807) is 0 Å². The molecular weight excluding hydrogens is 63.8 g/mol. The van der Waals surface area contributed by atoms with E-state index >= 15 is 0 Å². The molecule has 5 heavy (non-hydrogen) atoms. The molecule has 0 aliphatic carbocycles. The first-order valence-corrected chi connectivity index (χ1v) is 0.365. The van der Waals surface area contributed by atoms with Crippen LogP contribution in [0.2, 0.25) is 0 Å². The zero-order valence-corrected chi connectivity index (χ0v) is 2.84. The fourth-order valence-corrected chi connectivity index (χ4v) is 0. The minimum atomic E-state index is 0. The average Bonchev–Trinajstić information content (AvgIpc) is 0.918. The Morgan fingerprint density at radius 1 is 1.60 bits per heavy atom. The van der Waals surface area contributed by atoms with E-state index in [9.17, 15) is 0 Å². The summed E-state index contributed by atoms with van der Waals surface area (Å²) in [5.74, 6) is 0. The molecule has 5 heteroatoms. The maximum absolute atomic E-state index is 8.00. The second-order valence-electron chi connectivity index (χ2n) is 0.0745. The molecule has 0 unspecified atom stereocenters. The minimum Gasteiger partial charge on any atom is -0.444 e. The van der Waals surface area contributed by atoms with E-state index in [0.717, 1.165) is 5.34 Å². The van der Waals surface area contributed by atoms with Crippen LogP contribution in [0.5, 0.6) is 0 Å². The van der Waals surface area contributed by atoms with Gasteiger partial charge in [0.05, 0.1) is 0 Å². The SMILES string of the molecule is O=N[O-].[B].[Li+]. The molecule has 0 aromatic rings. The van der Waals surface area contributed by atoms with Crippen LogP contribution in [0.25, 0.3) is 0 Å². The van der Waals surface area contributed by atoms with Gasteiger partial charge in [-0.05, 0) is 0 Å². The van der Waals surface area contributed by atoms with Crippen LogP contribution in [0.3, 0.4) is 0 Å². The summed E-state index contributed by atoms with van der Waals surface area (Å²) >= 11 is 0. The van der Waals surface area contributed by atoms with Gasteiger partial charge in [0.2, 0.25) is 0 Å². The first kappa shape index (κ1) is 19.6. The third-order valence-corrected chi connectivity index (χ3v) is 0. The standard InChI is InChI=1S/B.Li.HNO2/c;;2-1-3/h;;(H,2,3)/q;+1;/p-1. The van der Waals surface area contributed by atoms with Crippen molar-refractivity contribution in [2.45, 2.75) is 0 Å². The molecule has 0 spiro atoms. The summed E-state index contributed by atoms with van der Waals surface area (Å²) in [6, 6.07) is 0. The molecule has 0 amide bonds. The topological polar surface area (TPSA) is 52.5 Å². The van der Waals surface area contributed by atoms with Gasteiger partial charge in [-0.25, -0.2) is 0 Å². The van der Waals surface area contributed by atoms with E-state index < -0.39 is 0 Å². The first-order valence-electron chi connectivity index (χ1n) is 0.365. The van der Waals surface area contributed by atoms with Crippen molar-refractivity contribution in [2.24, 2.45) is 5.34 Å². The maximum atomic E-state index is 8.00. The van der Waals surface area contributed by atoms with Gasteiger partial charge < -0.3 is 10.1 Å². The van der Waals surface area contributed by atoms with Gasteiger partial charge in [-0.2, -0.15) is 0 Å². The molecule has 3 nitrogen and oxygen atoms in total. The first-order chi connectivity index (χ1) is 1.41. The fourth-order valence-electron chi connectivity index (χ4n) is 0. The van der Waals surface area contributed by atoms with Gasteiger partial charge in [-0.15, -0.1) is 5.34 Å². The van der Waals surface area contributed by atoms with Gasteiger partial charge in [0.25, 0.3) is 0 Å². The van der Waals surface area contributed by atoms with Crippen molar-refractivity contribution < 1.29 is 18.9 Å². The summed E-state index contributed by atoms with van der Waals surface area (Å²) in [6.07, 6.45) is 0. The molecule has 0 heterocycles. The molecule has 3 radical (unpaired) electrons. The largest absolute Gasteiger partial charge is 1.00 e. The molecule has 21 valence electrons. The second kappa shape index (κ2) is 33.8. The molecule has 0 atom stereocenters. The summed E-state index contributed by atoms with van der Waals surface area (Å²) in [7, 11) is 0. The van der Waals surface area contributed by atoms with Gasteiger partial charge >= 0.3 is 18.9 Å². The number of rotatable bonds is 0. The molecule has 0 rings (SSSR count). The van der Waals surface area contributed by atoms with Gasteiger partial charge in [0, 0.05) is 8.41 Å². The fraction of sp³-hybridized carbons (Fsp3) is 0. The summed E-state index contributed by atoms with van der Waals surface area (Å²) in [6.45, 7) is 0.